The van der Waals surface area contributed by atoms with Gasteiger partial charge in [-0.25, -0.2) is 4.79 Å². The van der Waals surface area contributed by atoms with Crippen LogP contribution in [-0.4, -0.2) is 32.2 Å². The maximum absolute atomic E-state index is 11.9. The molecular formula is C23H27NO5. The quantitative estimate of drug-likeness (QED) is 0.501. The molecule has 0 radical (unpaired) electrons. The van der Waals surface area contributed by atoms with Crippen LogP contribution in [0.3, 0.4) is 0 Å². The van der Waals surface area contributed by atoms with Gasteiger partial charge in [0, 0.05) is 11.8 Å². The van der Waals surface area contributed by atoms with Crippen LogP contribution >= 0.6 is 0 Å². The van der Waals surface area contributed by atoms with Crippen molar-refractivity contribution in [1.29, 1.82) is 0 Å². The molecule has 0 fully saturated rings. The van der Waals surface area contributed by atoms with Crippen LogP contribution in [-0.2, 0) is 14.3 Å². The van der Waals surface area contributed by atoms with Crippen molar-refractivity contribution in [2.45, 2.75) is 26.7 Å². The minimum absolute atomic E-state index is 0.359. The van der Waals surface area contributed by atoms with E-state index in [1.54, 1.807) is 31.4 Å². The zero-order valence-corrected chi connectivity index (χ0v) is 17.2. The maximum atomic E-state index is 11.9. The maximum Gasteiger partial charge on any atom is 0.331 e. The Bertz CT molecular complexity index is 856. The highest BCUT2D eigenvalue weighted by Gasteiger charge is 2.07. The van der Waals surface area contributed by atoms with Gasteiger partial charge in [0.05, 0.1) is 13.7 Å². The van der Waals surface area contributed by atoms with Gasteiger partial charge in [-0.3, -0.25) is 4.79 Å². The van der Waals surface area contributed by atoms with Crippen LogP contribution in [0, 0.1) is 0 Å². The Labute approximate surface area is 171 Å². The number of hydrogen-bond donors (Lipinski definition) is 1. The number of benzene rings is 2. The first-order valence-corrected chi connectivity index (χ1v) is 9.48. The third kappa shape index (κ3) is 6.99. The Kier molecular flexibility index (Phi) is 8.27. The van der Waals surface area contributed by atoms with Gasteiger partial charge < -0.3 is 19.5 Å². The Morgan fingerprint density at radius 2 is 1.79 bits per heavy atom. The molecule has 2 rings (SSSR count). The summed E-state index contributed by atoms with van der Waals surface area (Å²) in [6, 6.07) is 12.9. The first kappa shape index (κ1) is 22.0. The number of esters is 1. The molecule has 0 aliphatic heterocycles. The number of rotatable bonds is 9. The van der Waals surface area contributed by atoms with Gasteiger partial charge in [0.2, 0.25) is 0 Å². The molecule has 29 heavy (non-hydrogen) atoms. The number of ether oxygens (including phenoxy) is 3. The molecule has 0 spiro atoms. The van der Waals surface area contributed by atoms with E-state index in [0.29, 0.717) is 29.7 Å². The van der Waals surface area contributed by atoms with Crippen molar-refractivity contribution in [2.24, 2.45) is 0 Å². The molecule has 1 amide bonds. The van der Waals surface area contributed by atoms with E-state index in [0.717, 1.165) is 5.56 Å². The Hall–Kier alpha value is -3.28. The summed E-state index contributed by atoms with van der Waals surface area (Å²) in [5.41, 5.74) is 2.59. The lowest BCUT2D eigenvalue weighted by atomic mass is 10.0. The molecule has 0 bridgehead atoms. The number of nitrogens with one attached hydrogen (secondary N) is 1. The van der Waals surface area contributed by atoms with Gasteiger partial charge in [0.15, 0.2) is 18.1 Å². The highest BCUT2D eigenvalue weighted by molar-refractivity contribution is 5.94. The molecule has 0 saturated carbocycles. The van der Waals surface area contributed by atoms with Crippen LogP contribution in [0.5, 0.6) is 11.5 Å². The minimum atomic E-state index is -0.608. The van der Waals surface area contributed by atoms with Gasteiger partial charge in [-0.2, -0.15) is 0 Å². The smallest absolute Gasteiger partial charge is 0.331 e. The monoisotopic (exact) mass is 397 g/mol. The average Bonchev–Trinajstić information content (AvgIpc) is 2.72. The first-order chi connectivity index (χ1) is 13.9. The van der Waals surface area contributed by atoms with Crippen molar-refractivity contribution >= 4 is 23.6 Å². The van der Waals surface area contributed by atoms with Crippen molar-refractivity contribution in [2.75, 3.05) is 25.6 Å². The zero-order chi connectivity index (χ0) is 21.2. The second-order valence-corrected chi connectivity index (χ2v) is 6.61. The van der Waals surface area contributed by atoms with E-state index >= 15 is 0 Å². The molecule has 2 aromatic rings. The fourth-order valence-corrected chi connectivity index (χ4v) is 2.56. The fraction of sp³-hybridized carbons (Fsp3) is 0.304. The summed E-state index contributed by atoms with van der Waals surface area (Å²) in [5, 5.41) is 2.70. The van der Waals surface area contributed by atoms with Crippen LogP contribution in [0.15, 0.2) is 48.5 Å². The zero-order valence-electron chi connectivity index (χ0n) is 17.2. The number of methoxy groups -OCH3 is 1. The van der Waals surface area contributed by atoms with Crippen molar-refractivity contribution < 1.29 is 23.8 Å². The lowest BCUT2D eigenvalue weighted by Crippen LogP contribution is -2.20. The Morgan fingerprint density at radius 3 is 2.41 bits per heavy atom. The van der Waals surface area contributed by atoms with E-state index in [-0.39, 0.29) is 6.61 Å². The molecule has 0 aliphatic rings. The average molecular weight is 397 g/mol. The number of carbonyl (C=O) groups excluding carboxylic acids is 2. The van der Waals surface area contributed by atoms with Crippen molar-refractivity contribution in [3.05, 3.63) is 59.7 Å². The van der Waals surface area contributed by atoms with Gasteiger partial charge in [-0.1, -0.05) is 32.0 Å². The van der Waals surface area contributed by atoms with Gasteiger partial charge >= 0.3 is 5.97 Å². The SMILES string of the molecule is CCOc1ccc(C=CC(=O)OCC(=O)Nc2ccc(C(C)C)cc2)cc1OC. The van der Waals surface area contributed by atoms with Gasteiger partial charge in [-0.05, 0) is 54.3 Å². The summed E-state index contributed by atoms with van der Waals surface area (Å²) in [4.78, 5) is 23.8. The van der Waals surface area contributed by atoms with E-state index in [1.165, 1.54) is 11.6 Å². The largest absolute Gasteiger partial charge is 0.493 e. The molecule has 0 atom stereocenters. The van der Waals surface area contributed by atoms with Crippen molar-refractivity contribution in [3.63, 3.8) is 0 Å². The molecule has 6 heteroatoms. The standard InChI is InChI=1S/C23H27NO5/c1-5-28-20-12-6-17(14-21(20)27-4)7-13-23(26)29-15-22(25)24-19-10-8-18(9-11-19)16(2)3/h6-14,16H,5,15H2,1-4H3,(H,24,25). The predicted octanol–water partition coefficient (Wildman–Crippen LogP) is 4.41. The van der Waals surface area contributed by atoms with E-state index in [1.807, 2.05) is 31.2 Å². The Balaban J connectivity index is 1.85. The molecule has 0 unspecified atom stereocenters. The topological polar surface area (TPSA) is 73.9 Å². The summed E-state index contributed by atoms with van der Waals surface area (Å²) in [6.07, 6.45) is 2.85. The van der Waals surface area contributed by atoms with Gasteiger partial charge in [-0.15, -0.1) is 0 Å². The van der Waals surface area contributed by atoms with Crippen LogP contribution in [0.25, 0.3) is 6.08 Å². The van der Waals surface area contributed by atoms with Crippen molar-refractivity contribution in [3.8, 4) is 11.5 Å². The molecule has 0 aromatic heterocycles. The van der Waals surface area contributed by atoms with Gasteiger partial charge in [0.25, 0.3) is 5.91 Å². The molecule has 6 nitrogen and oxygen atoms in total. The minimum Gasteiger partial charge on any atom is -0.493 e. The normalized spacial score (nSPS) is 10.8. The lowest BCUT2D eigenvalue weighted by Gasteiger charge is -2.09. The van der Waals surface area contributed by atoms with E-state index in [4.69, 9.17) is 14.2 Å². The summed E-state index contributed by atoms with van der Waals surface area (Å²) in [7, 11) is 1.55. The molecular weight excluding hydrogens is 370 g/mol. The number of hydrogen-bond acceptors (Lipinski definition) is 5. The third-order valence-electron chi connectivity index (χ3n) is 4.11. The summed E-state index contributed by atoms with van der Waals surface area (Å²) >= 11 is 0. The van der Waals surface area contributed by atoms with E-state index < -0.39 is 11.9 Å². The highest BCUT2D eigenvalue weighted by atomic mass is 16.5. The third-order valence-corrected chi connectivity index (χ3v) is 4.11. The molecule has 0 saturated heterocycles. The molecule has 0 heterocycles. The lowest BCUT2D eigenvalue weighted by molar-refractivity contribution is -0.142. The van der Waals surface area contributed by atoms with Crippen LogP contribution in [0.2, 0.25) is 0 Å². The molecule has 1 N–H and O–H groups in total. The second kappa shape index (κ2) is 10.9. The first-order valence-electron chi connectivity index (χ1n) is 9.48. The summed E-state index contributed by atoms with van der Waals surface area (Å²) < 4.78 is 15.7. The number of carbonyl (C=O) groups is 2. The van der Waals surface area contributed by atoms with Crippen molar-refractivity contribution in [1.82, 2.24) is 0 Å². The number of amides is 1. The fourth-order valence-electron chi connectivity index (χ4n) is 2.56. The second-order valence-electron chi connectivity index (χ2n) is 6.61. The van der Waals surface area contributed by atoms with Gasteiger partial charge in [0.1, 0.15) is 0 Å². The van der Waals surface area contributed by atoms with E-state index in [2.05, 4.69) is 19.2 Å². The molecule has 2 aromatic carbocycles. The van der Waals surface area contributed by atoms with E-state index in [9.17, 15) is 9.59 Å². The van der Waals surface area contributed by atoms with Crippen LogP contribution < -0.4 is 14.8 Å². The predicted molar refractivity (Wildman–Crippen MR) is 113 cm³/mol. The van der Waals surface area contributed by atoms with Crippen LogP contribution in [0.4, 0.5) is 5.69 Å². The summed E-state index contributed by atoms with van der Waals surface area (Å²) in [5.74, 6) is 0.621. The van der Waals surface area contributed by atoms with Crippen LogP contribution in [0.1, 0.15) is 37.8 Å². The number of anilines is 1. The molecule has 154 valence electrons. The summed E-state index contributed by atoms with van der Waals surface area (Å²) in [6.45, 7) is 6.26. The molecule has 0 aliphatic carbocycles. The highest BCUT2D eigenvalue weighted by Crippen LogP contribution is 2.28. The Morgan fingerprint density at radius 1 is 1.07 bits per heavy atom.